The number of carbonyl (C=O) groups excluding carboxylic acids is 1. The van der Waals surface area contributed by atoms with Crippen LogP contribution in [0.1, 0.15) is 38.7 Å². The molecule has 0 spiro atoms. The van der Waals surface area contributed by atoms with E-state index in [1.165, 1.54) is 12.1 Å². The van der Waals surface area contributed by atoms with E-state index in [0.29, 0.717) is 6.42 Å². The largest absolute Gasteiger partial charge is 0.338 e. The lowest BCUT2D eigenvalue weighted by Crippen LogP contribution is -2.53. The van der Waals surface area contributed by atoms with Crippen LogP contribution >= 0.6 is 12.4 Å². The molecule has 0 aliphatic carbocycles. The van der Waals surface area contributed by atoms with Gasteiger partial charge in [-0.2, -0.15) is 0 Å². The molecule has 2 N–H and O–H groups in total. The van der Waals surface area contributed by atoms with E-state index >= 15 is 0 Å². The standard InChI is InChI=1S/C17H25FN2O.ClH/c1-12(10-14-6-5-7-15(18)11-14)17(21)20-9-4-3-8-16(20)13(2)19;/h5-7,11-13,16H,3-4,8-10,19H2,1-2H3;1H. The smallest absolute Gasteiger partial charge is 0.226 e. The van der Waals surface area contributed by atoms with Gasteiger partial charge < -0.3 is 10.6 Å². The fourth-order valence-electron chi connectivity index (χ4n) is 3.17. The number of carbonyl (C=O) groups is 1. The fraction of sp³-hybridized carbons (Fsp3) is 0.588. The topological polar surface area (TPSA) is 46.3 Å². The van der Waals surface area contributed by atoms with Crippen LogP contribution < -0.4 is 5.73 Å². The van der Waals surface area contributed by atoms with E-state index in [-0.39, 0.29) is 42.1 Å². The summed E-state index contributed by atoms with van der Waals surface area (Å²) >= 11 is 0. The Hall–Kier alpha value is -1.13. The Kier molecular flexibility index (Phi) is 7.30. The molecule has 1 amide bonds. The number of hydrogen-bond acceptors (Lipinski definition) is 2. The van der Waals surface area contributed by atoms with Gasteiger partial charge in [-0.25, -0.2) is 4.39 Å². The van der Waals surface area contributed by atoms with Gasteiger partial charge in [-0.05, 0) is 50.3 Å². The highest BCUT2D eigenvalue weighted by Gasteiger charge is 2.31. The molecule has 0 aromatic heterocycles. The highest BCUT2D eigenvalue weighted by molar-refractivity contribution is 5.85. The van der Waals surface area contributed by atoms with Crippen LogP contribution in [0.3, 0.4) is 0 Å². The maximum atomic E-state index is 13.2. The molecule has 0 bridgehead atoms. The molecule has 1 aromatic carbocycles. The molecule has 124 valence electrons. The highest BCUT2D eigenvalue weighted by atomic mass is 35.5. The number of likely N-dealkylation sites (tertiary alicyclic amines) is 1. The molecular weight excluding hydrogens is 303 g/mol. The SMILES string of the molecule is CC(Cc1cccc(F)c1)C(=O)N1CCCCC1C(C)N.Cl. The van der Waals surface area contributed by atoms with Crippen LogP contribution in [-0.4, -0.2) is 29.4 Å². The van der Waals surface area contributed by atoms with Gasteiger partial charge in [0.1, 0.15) is 5.82 Å². The Morgan fingerprint density at radius 1 is 1.41 bits per heavy atom. The molecule has 0 saturated carbocycles. The van der Waals surface area contributed by atoms with Crippen molar-refractivity contribution in [3.63, 3.8) is 0 Å². The number of hydrogen-bond donors (Lipinski definition) is 1. The zero-order valence-electron chi connectivity index (χ0n) is 13.3. The molecule has 3 atom stereocenters. The summed E-state index contributed by atoms with van der Waals surface area (Å²) in [4.78, 5) is 14.6. The summed E-state index contributed by atoms with van der Waals surface area (Å²) in [6, 6.07) is 6.62. The van der Waals surface area contributed by atoms with Crippen molar-refractivity contribution in [2.75, 3.05) is 6.54 Å². The molecule has 1 aliphatic heterocycles. The maximum Gasteiger partial charge on any atom is 0.226 e. The van der Waals surface area contributed by atoms with E-state index in [2.05, 4.69) is 0 Å². The monoisotopic (exact) mass is 328 g/mol. The number of halogens is 2. The van der Waals surface area contributed by atoms with E-state index in [9.17, 15) is 9.18 Å². The maximum absolute atomic E-state index is 13.2. The second-order valence-corrected chi connectivity index (χ2v) is 6.19. The van der Waals surface area contributed by atoms with Crippen LogP contribution in [0.4, 0.5) is 4.39 Å². The lowest BCUT2D eigenvalue weighted by molar-refractivity contribution is -0.139. The van der Waals surface area contributed by atoms with Gasteiger partial charge in [0, 0.05) is 24.5 Å². The van der Waals surface area contributed by atoms with Crippen molar-refractivity contribution in [3.05, 3.63) is 35.6 Å². The first-order chi connectivity index (χ1) is 9.99. The van der Waals surface area contributed by atoms with E-state index in [1.807, 2.05) is 24.8 Å². The van der Waals surface area contributed by atoms with E-state index in [0.717, 1.165) is 31.4 Å². The number of amides is 1. The first-order valence-electron chi connectivity index (χ1n) is 7.79. The molecule has 1 aromatic rings. The number of piperidine rings is 1. The zero-order valence-corrected chi connectivity index (χ0v) is 14.1. The average molecular weight is 329 g/mol. The molecule has 22 heavy (non-hydrogen) atoms. The van der Waals surface area contributed by atoms with Crippen LogP contribution in [-0.2, 0) is 11.2 Å². The number of nitrogens with zero attached hydrogens (tertiary/aromatic N) is 1. The van der Waals surface area contributed by atoms with Gasteiger partial charge in [0.15, 0.2) is 0 Å². The molecule has 2 rings (SSSR count). The Labute approximate surface area is 138 Å². The molecule has 3 unspecified atom stereocenters. The molecule has 1 aliphatic rings. The average Bonchev–Trinajstić information content (AvgIpc) is 2.46. The van der Waals surface area contributed by atoms with Gasteiger partial charge in [-0.3, -0.25) is 4.79 Å². The van der Waals surface area contributed by atoms with Crippen molar-refractivity contribution in [1.82, 2.24) is 4.90 Å². The Morgan fingerprint density at radius 3 is 2.77 bits per heavy atom. The summed E-state index contributed by atoms with van der Waals surface area (Å²) in [6.45, 7) is 4.67. The van der Waals surface area contributed by atoms with Gasteiger partial charge in [0.2, 0.25) is 5.91 Å². The first kappa shape index (κ1) is 18.9. The minimum Gasteiger partial charge on any atom is -0.338 e. The number of nitrogens with two attached hydrogens (primary N) is 1. The first-order valence-corrected chi connectivity index (χ1v) is 7.79. The van der Waals surface area contributed by atoms with E-state index < -0.39 is 0 Å². The van der Waals surface area contributed by atoms with E-state index in [1.54, 1.807) is 6.07 Å². The lowest BCUT2D eigenvalue weighted by atomic mass is 9.93. The molecule has 1 fully saturated rings. The van der Waals surface area contributed by atoms with Gasteiger partial charge >= 0.3 is 0 Å². The number of benzene rings is 1. The predicted octanol–water partition coefficient (Wildman–Crippen LogP) is 3.15. The molecule has 0 radical (unpaired) electrons. The minimum absolute atomic E-state index is 0. The van der Waals surface area contributed by atoms with Gasteiger partial charge in [-0.1, -0.05) is 19.1 Å². The summed E-state index contributed by atoms with van der Waals surface area (Å²) in [6.07, 6.45) is 3.73. The molecule has 3 nitrogen and oxygen atoms in total. The highest BCUT2D eigenvalue weighted by Crippen LogP contribution is 2.22. The van der Waals surface area contributed by atoms with Crippen LogP contribution in [0.25, 0.3) is 0 Å². The van der Waals surface area contributed by atoms with Crippen molar-refractivity contribution in [2.24, 2.45) is 11.7 Å². The fourth-order valence-corrected chi connectivity index (χ4v) is 3.17. The van der Waals surface area contributed by atoms with Gasteiger partial charge in [0.25, 0.3) is 0 Å². The Balaban J connectivity index is 0.00000242. The van der Waals surface area contributed by atoms with Crippen LogP contribution in [0.5, 0.6) is 0 Å². The van der Waals surface area contributed by atoms with Crippen molar-refractivity contribution in [1.29, 1.82) is 0 Å². The molecule has 1 heterocycles. The Morgan fingerprint density at radius 2 is 2.14 bits per heavy atom. The van der Waals surface area contributed by atoms with Crippen LogP contribution in [0.2, 0.25) is 0 Å². The van der Waals surface area contributed by atoms with Crippen molar-refractivity contribution >= 4 is 18.3 Å². The Bertz CT molecular complexity index is 495. The predicted molar refractivity (Wildman–Crippen MR) is 89.5 cm³/mol. The van der Waals surface area contributed by atoms with Gasteiger partial charge in [0.05, 0.1) is 0 Å². The summed E-state index contributed by atoms with van der Waals surface area (Å²) in [5.74, 6) is -0.258. The zero-order chi connectivity index (χ0) is 15.4. The van der Waals surface area contributed by atoms with Crippen molar-refractivity contribution in [2.45, 2.75) is 51.6 Å². The van der Waals surface area contributed by atoms with Crippen molar-refractivity contribution in [3.8, 4) is 0 Å². The third kappa shape index (κ3) is 4.68. The number of rotatable bonds is 4. The molecular formula is C17H26ClFN2O. The minimum atomic E-state index is -0.251. The normalized spacial score (nSPS) is 20.9. The summed E-state index contributed by atoms with van der Waals surface area (Å²) in [5, 5.41) is 0. The summed E-state index contributed by atoms with van der Waals surface area (Å²) in [7, 11) is 0. The lowest BCUT2D eigenvalue weighted by Gasteiger charge is -2.39. The summed E-state index contributed by atoms with van der Waals surface area (Å²) < 4.78 is 13.2. The second-order valence-electron chi connectivity index (χ2n) is 6.19. The quantitative estimate of drug-likeness (QED) is 0.923. The third-order valence-electron chi connectivity index (χ3n) is 4.29. The summed E-state index contributed by atoms with van der Waals surface area (Å²) in [5.41, 5.74) is 6.89. The van der Waals surface area contributed by atoms with Gasteiger partial charge in [-0.15, -0.1) is 12.4 Å². The molecule has 1 saturated heterocycles. The third-order valence-corrected chi connectivity index (χ3v) is 4.29. The molecule has 5 heteroatoms. The van der Waals surface area contributed by atoms with Crippen LogP contribution in [0, 0.1) is 11.7 Å². The van der Waals surface area contributed by atoms with Crippen molar-refractivity contribution < 1.29 is 9.18 Å². The van der Waals surface area contributed by atoms with E-state index in [4.69, 9.17) is 5.73 Å². The van der Waals surface area contributed by atoms with Crippen LogP contribution in [0.15, 0.2) is 24.3 Å². The second kappa shape index (κ2) is 8.49.